The first-order valence-electron chi connectivity index (χ1n) is 9.31. The van der Waals surface area contributed by atoms with Gasteiger partial charge in [-0.15, -0.1) is 0 Å². The van der Waals surface area contributed by atoms with Gasteiger partial charge < -0.3 is 14.0 Å². The van der Waals surface area contributed by atoms with Crippen LogP contribution in [0.15, 0.2) is 53.3 Å². The second-order valence-electron chi connectivity index (χ2n) is 6.02. The summed E-state index contributed by atoms with van der Waals surface area (Å²) in [6.07, 6.45) is 3.55. The third-order valence-electron chi connectivity index (χ3n) is 3.80. The number of carbonyl (C=O) groups is 2. The number of ether oxygens (including phenoxy) is 2. The molecule has 0 aliphatic heterocycles. The van der Waals surface area contributed by atoms with Crippen LogP contribution in [0.2, 0.25) is 0 Å². The minimum absolute atomic E-state index is 0.0585. The maximum atomic E-state index is 11.9. The minimum Gasteiger partial charge on any atom is -0.490 e. The molecule has 3 rings (SSSR count). The summed E-state index contributed by atoms with van der Waals surface area (Å²) < 4.78 is 16.0. The Morgan fingerprint density at radius 1 is 1.03 bits per heavy atom. The summed E-state index contributed by atoms with van der Waals surface area (Å²) in [5.74, 6) is 0.789. The summed E-state index contributed by atoms with van der Waals surface area (Å²) in [5, 5.41) is 3.86. The van der Waals surface area contributed by atoms with E-state index in [-0.39, 0.29) is 19.4 Å². The van der Waals surface area contributed by atoms with E-state index < -0.39 is 11.8 Å². The number of nitrogens with zero attached hydrogens (tertiary/aromatic N) is 3. The van der Waals surface area contributed by atoms with E-state index in [0.29, 0.717) is 29.8 Å². The van der Waals surface area contributed by atoms with Crippen molar-refractivity contribution in [2.75, 3.05) is 13.2 Å². The third-order valence-corrected chi connectivity index (χ3v) is 3.80. The fourth-order valence-corrected chi connectivity index (χ4v) is 2.41. The molecule has 0 atom stereocenters. The Balaban J connectivity index is 1.39. The molecule has 10 nitrogen and oxygen atoms in total. The Labute approximate surface area is 172 Å². The standard InChI is InChI=1S/C20H21N5O5/c1-2-28-15-7-3-4-8-16(15)29-13-18(27)24-23-17(26)9-10-19-22-20(25-30-19)14-6-5-11-21-12-14/h3-8,11-12H,2,9-10,13H2,1H3,(H,23,26)(H,24,27). The maximum absolute atomic E-state index is 11.9. The molecule has 2 N–H and O–H groups in total. The first-order valence-corrected chi connectivity index (χ1v) is 9.31. The highest BCUT2D eigenvalue weighted by atomic mass is 16.5. The lowest BCUT2D eigenvalue weighted by Crippen LogP contribution is -2.43. The monoisotopic (exact) mass is 411 g/mol. The summed E-state index contributed by atoms with van der Waals surface area (Å²) in [5.41, 5.74) is 5.33. The number of aromatic nitrogens is 3. The minimum atomic E-state index is -0.508. The summed E-state index contributed by atoms with van der Waals surface area (Å²) in [4.78, 5) is 32.0. The molecular formula is C20H21N5O5. The highest BCUT2D eigenvalue weighted by Gasteiger charge is 2.12. The van der Waals surface area contributed by atoms with E-state index in [0.717, 1.165) is 5.56 Å². The van der Waals surface area contributed by atoms with Crippen LogP contribution in [-0.2, 0) is 16.0 Å². The third kappa shape index (κ3) is 6.03. The normalized spacial score (nSPS) is 10.3. The van der Waals surface area contributed by atoms with Gasteiger partial charge in [-0.3, -0.25) is 25.4 Å². The second-order valence-corrected chi connectivity index (χ2v) is 6.02. The molecule has 0 unspecified atom stereocenters. The van der Waals surface area contributed by atoms with Crippen molar-refractivity contribution in [2.24, 2.45) is 0 Å². The van der Waals surface area contributed by atoms with Gasteiger partial charge in [0.05, 0.1) is 6.61 Å². The van der Waals surface area contributed by atoms with E-state index in [1.807, 2.05) is 6.92 Å². The van der Waals surface area contributed by atoms with E-state index in [2.05, 4.69) is 26.0 Å². The van der Waals surface area contributed by atoms with E-state index in [1.54, 1.807) is 48.8 Å². The van der Waals surface area contributed by atoms with Gasteiger partial charge in [-0.2, -0.15) is 4.98 Å². The number of hydrogen-bond acceptors (Lipinski definition) is 8. The molecule has 0 radical (unpaired) electrons. The summed E-state index contributed by atoms with van der Waals surface area (Å²) in [6.45, 7) is 2.06. The maximum Gasteiger partial charge on any atom is 0.276 e. The van der Waals surface area contributed by atoms with Crippen molar-refractivity contribution in [3.63, 3.8) is 0 Å². The summed E-state index contributed by atoms with van der Waals surface area (Å²) in [7, 11) is 0. The fourth-order valence-electron chi connectivity index (χ4n) is 2.41. The van der Waals surface area contributed by atoms with Gasteiger partial charge in [0.1, 0.15) is 0 Å². The lowest BCUT2D eigenvalue weighted by atomic mass is 10.2. The predicted molar refractivity (Wildman–Crippen MR) is 105 cm³/mol. The first kappa shape index (κ1) is 20.8. The molecule has 0 spiro atoms. The van der Waals surface area contributed by atoms with Gasteiger partial charge in [0, 0.05) is 30.8 Å². The van der Waals surface area contributed by atoms with Crippen molar-refractivity contribution in [1.29, 1.82) is 0 Å². The molecule has 1 aromatic carbocycles. The Bertz CT molecular complexity index is 976. The van der Waals surface area contributed by atoms with Crippen LogP contribution in [0, 0.1) is 0 Å². The zero-order valence-electron chi connectivity index (χ0n) is 16.3. The zero-order valence-corrected chi connectivity index (χ0v) is 16.3. The molecular weight excluding hydrogens is 390 g/mol. The molecule has 0 aliphatic rings. The van der Waals surface area contributed by atoms with E-state index in [1.165, 1.54) is 0 Å². The highest BCUT2D eigenvalue weighted by molar-refractivity contribution is 5.82. The molecule has 2 heterocycles. The lowest BCUT2D eigenvalue weighted by molar-refractivity contribution is -0.130. The van der Waals surface area contributed by atoms with Crippen molar-refractivity contribution in [2.45, 2.75) is 19.8 Å². The molecule has 0 saturated heterocycles. The number of pyridine rings is 1. The number of amides is 2. The topological polar surface area (TPSA) is 128 Å². The van der Waals surface area contributed by atoms with Crippen LogP contribution < -0.4 is 20.3 Å². The molecule has 0 aliphatic carbocycles. The average Bonchev–Trinajstić information content (AvgIpc) is 3.25. The lowest BCUT2D eigenvalue weighted by Gasteiger charge is -2.11. The summed E-state index contributed by atoms with van der Waals surface area (Å²) >= 11 is 0. The molecule has 3 aromatic rings. The Morgan fingerprint density at radius 3 is 2.53 bits per heavy atom. The molecule has 2 amide bonds. The smallest absolute Gasteiger partial charge is 0.276 e. The van der Waals surface area contributed by atoms with Crippen molar-refractivity contribution < 1.29 is 23.6 Å². The molecule has 2 aromatic heterocycles. The van der Waals surface area contributed by atoms with Gasteiger partial charge in [0.2, 0.25) is 17.6 Å². The Hall–Kier alpha value is -3.95. The van der Waals surface area contributed by atoms with Crippen molar-refractivity contribution in [3.8, 4) is 22.9 Å². The van der Waals surface area contributed by atoms with Crippen LogP contribution in [-0.4, -0.2) is 40.2 Å². The number of aryl methyl sites for hydroxylation is 1. The number of rotatable bonds is 9. The quantitative estimate of drug-likeness (QED) is 0.509. The van der Waals surface area contributed by atoms with E-state index in [4.69, 9.17) is 14.0 Å². The SMILES string of the molecule is CCOc1ccccc1OCC(=O)NNC(=O)CCc1nc(-c2cccnc2)no1. The van der Waals surface area contributed by atoms with E-state index in [9.17, 15) is 9.59 Å². The van der Waals surface area contributed by atoms with Gasteiger partial charge in [-0.1, -0.05) is 17.3 Å². The number of carbonyl (C=O) groups excluding carboxylic acids is 2. The number of para-hydroxylation sites is 2. The van der Waals surface area contributed by atoms with Gasteiger partial charge in [0.15, 0.2) is 18.1 Å². The van der Waals surface area contributed by atoms with Crippen LogP contribution in [0.3, 0.4) is 0 Å². The summed E-state index contributed by atoms with van der Waals surface area (Å²) in [6, 6.07) is 10.6. The molecule has 30 heavy (non-hydrogen) atoms. The molecule has 0 fully saturated rings. The van der Waals surface area contributed by atoms with Gasteiger partial charge in [-0.05, 0) is 31.2 Å². The van der Waals surface area contributed by atoms with Gasteiger partial charge >= 0.3 is 0 Å². The largest absolute Gasteiger partial charge is 0.490 e. The van der Waals surface area contributed by atoms with E-state index >= 15 is 0 Å². The number of hydrogen-bond donors (Lipinski definition) is 2. The van der Waals surface area contributed by atoms with Crippen molar-refractivity contribution >= 4 is 11.8 Å². The molecule has 10 heteroatoms. The van der Waals surface area contributed by atoms with Crippen LogP contribution in [0.25, 0.3) is 11.4 Å². The Kier molecular flexibility index (Phi) is 7.31. The number of hydrazine groups is 1. The first-order chi connectivity index (χ1) is 14.7. The zero-order chi connectivity index (χ0) is 21.2. The number of nitrogens with one attached hydrogen (secondary N) is 2. The van der Waals surface area contributed by atoms with Crippen molar-refractivity contribution in [1.82, 2.24) is 26.0 Å². The van der Waals surface area contributed by atoms with Crippen LogP contribution in [0.1, 0.15) is 19.2 Å². The van der Waals surface area contributed by atoms with Crippen LogP contribution in [0.5, 0.6) is 11.5 Å². The Morgan fingerprint density at radius 2 is 1.80 bits per heavy atom. The second kappa shape index (κ2) is 10.6. The van der Waals surface area contributed by atoms with Crippen LogP contribution in [0.4, 0.5) is 0 Å². The fraction of sp³-hybridized carbons (Fsp3) is 0.250. The molecule has 156 valence electrons. The molecule has 0 saturated carbocycles. The average molecular weight is 411 g/mol. The van der Waals surface area contributed by atoms with Gasteiger partial charge in [-0.25, -0.2) is 0 Å². The number of benzene rings is 1. The van der Waals surface area contributed by atoms with Crippen molar-refractivity contribution in [3.05, 3.63) is 54.7 Å². The van der Waals surface area contributed by atoms with Crippen LogP contribution >= 0.6 is 0 Å². The molecule has 0 bridgehead atoms. The predicted octanol–water partition coefficient (Wildman–Crippen LogP) is 1.69. The highest BCUT2D eigenvalue weighted by Crippen LogP contribution is 2.26. The van der Waals surface area contributed by atoms with Gasteiger partial charge in [0.25, 0.3) is 5.91 Å².